The van der Waals surface area contributed by atoms with Gasteiger partial charge >= 0.3 is 18.1 Å². The topological polar surface area (TPSA) is 145 Å². The zero-order chi connectivity index (χ0) is 32.8. The Kier molecular flexibility index (Phi) is 18.4. The van der Waals surface area contributed by atoms with Crippen LogP contribution in [0.3, 0.4) is 0 Å². The van der Waals surface area contributed by atoms with Gasteiger partial charge in [0.15, 0.2) is 17.0 Å². The van der Waals surface area contributed by atoms with Gasteiger partial charge in [0.2, 0.25) is 6.29 Å². The Bertz CT molecular complexity index is 1190. The molecule has 1 unspecified atom stereocenters. The lowest BCUT2D eigenvalue weighted by molar-refractivity contribution is -0.171. The Labute approximate surface area is 257 Å². The second-order valence-electron chi connectivity index (χ2n) is 9.76. The van der Waals surface area contributed by atoms with Crippen LogP contribution in [0.15, 0.2) is 79.0 Å². The molecule has 242 valence electrons. The molecular weight excluding hydrogens is 576 g/mol. The van der Waals surface area contributed by atoms with Gasteiger partial charge in [-0.1, -0.05) is 73.8 Å². The highest BCUT2D eigenvalue weighted by Gasteiger charge is 2.47. The number of allylic oxidation sites excluding steroid dienone is 10. The molecule has 0 aliphatic heterocycles. The van der Waals surface area contributed by atoms with Crippen LogP contribution in [0.25, 0.3) is 0 Å². The summed E-state index contributed by atoms with van der Waals surface area (Å²) in [5.74, 6) is -3.57. The van der Waals surface area contributed by atoms with Crippen LogP contribution >= 0.6 is 0 Å². The molecule has 1 aromatic rings. The third kappa shape index (κ3) is 15.8. The molecule has 0 saturated carbocycles. The van der Waals surface area contributed by atoms with Crippen LogP contribution < -0.4 is 5.73 Å². The van der Waals surface area contributed by atoms with Crippen LogP contribution in [-0.4, -0.2) is 46.6 Å². The van der Waals surface area contributed by atoms with Gasteiger partial charge in [-0.3, -0.25) is 4.79 Å². The van der Waals surface area contributed by atoms with Crippen molar-refractivity contribution in [1.29, 1.82) is 0 Å². The Morgan fingerprint density at radius 1 is 0.864 bits per heavy atom. The number of benzene rings is 1. The first-order valence-electron chi connectivity index (χ1n) is 14.4. The average Bonchev–Trinajstić information content (AvgIpc) is 2.96. The summed E-state index contributed by atoms with van der Waals surface area (Å²) in [6.45, 7) is 3.30. The summed E-state index contributed by atoms with van der Waals surface area (Å²) in [6, 6.07) is 3.12. The third-order valence-corrected chi connectivity index (χ3v) is 5.95. The molecule has 0 aliphatic carbocycles. The molecule has 0 heterocycles. The number of unbranched alkanes of at least 4 members (excludes halogenated alkanes) is 1. The van der Waals surface area contributed by atoms with Crippen molar-refractivity contribution >= 4 is 18.1 Å². The van der Waals surface area contributed by atoms with Gasteiger partial charge in [0.25, 0.3) is 6.43 Å². The molecule has 0 aliphatic rings. The van der Waals surface area contributed by atoms with Gasteiger partial charge in [-0.05, 0) is 62.6 Å². The zero-order valence-corrected chi connectivity index (χ0v) is 25.2. The van der Waals surface area contributed by atoms with Crippen molar-refractivity contribution in [3.8, 4) is 11.5 Å². The highest BCUT2D eigenvalue weighted by Crippen LogP contribution is 2.28. The van der Waals surface area contributed by atoms with E-state index in [4.69, 9.17) is 10.5 Å². The summed E-state index contributed by atoms with van der Waals surface area (Å²) in [7, 11) is 0. The van der Waals surface area contributed by atoms with Crippen molar-refractivity contribution in [3.63, 3.8) is 0 Å². The number of halogens is 2. The molecular formula is C33H43F2NO8. The molecule has 11 heteroatoms. The number of carbonyl (C=O) groups excluding carboxylic acids is 3. The molecule has 0 radical (unpaired) electrons. The molecule has 9 nitrogen and oxygen atoms in total. The maximum atomic E-state index is 13.7. The van der Waals surface area contributed by atoms with Gasteiger partial charge in [0.05, 0.1) is 0 Å². The van der Waals surface area contributed by atoms with E-state index in [-0.39, 0.29) is 12.0 Å². The number of carbonyl (C=O) groups is 3. The van der Waals surface area contributed by atoms with E-state index in [1.54, 1.807) is 0 Å². The predicted molar refractivity (Wildman–Crippen MR) is 163 cm³/mol. The summed E-state index contributed by atoms with van der Waals surface area (Å²) in [5, 5.41) is 18.9. The summed E-state index contributed by atoms with van der Waals surface area (Å²) in [4.78, 5) is 36.2. The van der Waals surface area contributed by atoms with Crippen LogP contribution in [0.4, 0.5) is 13.6 Å². The number of ether oxygens (including phenoxy) is 3. The molecule has 0 amide bonds. The number of phenolic OH excluding ortho intramolecular Hbond substituents is 2. The van der Waals surface area contributed by atoms with E-state index in [1.165, 1.54) is 6.92 Å². The standard InChI is InChI=1S/C33H43F2NO8/c1-3-4-5-6-7-8-9-10-11-12-13-14-15-16-17-18-19-20-29(39)42-25(2)43-32(41)44-31(40)33(36,30(34)35)24-26-21-22-27(37)28(38)23-26/h4-5,7-8,10-11,13-14,16-17,21-23,25,30,37-38H,3,6,9,12,15,18-20,24,36H2,1-2H3/b5-4-,8-7-,11-10-,14-13-,17-16-/t25?,33-/m1/s1. The van der Waals surface area contributed by atoms with Gasteiger partial charge in [0, 0.05) is 19.8 Å². The minimum absolute atomic E-state index is 0.0275. The molecule has 0 fully saturated rings. The van der Waals surface area contributed by atoms with E-state index < -0.39 is 54.3 Å². The normalized spacial score (nSPS) is 14.2. The van der Waals surface area contributed by atoms with Gasteiger partial charge in [-0.2, -0.15) is 0 Å². The van der Waals surface area contributed by atoms with Gasteiger partial charge < -0.3 is 30.2 Å². The van der Waals surface area contributed by atoms with Gasteiger partial charge in [-0.15, -0.1) is 0 Å². The largest absolute Gasteiger partial charge is 0.519 e. The Morgan fingerprint density at radius 2 is 1.41 bits per heavy atom. The first-order valence-corrected chi connectivity index (χ1v) is 14.4. The van der Waals surface area contributed by atoms with Crippen LogP contribution in [0, 0.1) is 0 Å². The molecule has 4 N–H and O–H groups in total. The summed E-state index contributed by atoms with van der Waals surface area (Å²) >= 11 is 0. The Hall–Kier alpha value is -4.25. The van der Waals surface area contributed by atoms with Crippen molar-refractivity contribution in [2.75, 3.05) is 0 Å². The summed E-state index contributed by atoms with van der Waals surface area (Å²) in [5.41, 5.74) is 2.55. The fourth-order valence-corrected chi connectivity index (χ4v) is 3.59. The Morgan fingerprint density at radius 3 is 1.93 bits per heavy atom. The van der Waals surface area contributed by atoms with E-state index in [0.29, 0.717) is 12.8 Å². The number of phenols is 2. The van der Waals surface area contributed by atoms with E-state index in [2.05, 4.69) is 65.0 Å². The summed E-state index contributed by atoms with van der Waals surface area (Å²) < 4.78 is 41.2. The van der Waals surface area contributed by atoms with Crippen molar-refractivity contribution in [2.45, 2.75) is 89.9 Å². The third-order valence-electron chi connectivity index (χ3n) is 5.95. The molecule has 1 rings (SSSR count). The minimum Gasteiger partial charge on any atom is -0.504 e. The van der Waals surface area contributed by atoms with E-state index >= 15 is 0 Å². The highest BCUT2D eigenvalue weighted by atomic mass is 19.3. The lowest BCUT2D eigenvalue weighted by Gasteiger charge is -2.26. The van der Waals surface area contributed by atoms with E-state index in [0.717, 1.165) is 50.3 Å². The lowest BCUT2D eigenvalue weighted by Crippen LogP contribution is -2.57. The number of nitrogens with two attached hydrogens (primary N) is 1. The minimum atomic E-state index is -3.46. The summed E-state index contributed by atoms with van der Waals surface area (Å²) in [6.07, 6.45) is 19.2. The number of hydrogen-bond acceptors (Lipinski definition) is 9. The first-order chi connectivity index (χ1) is 21.0. The number of rotatable bonds is 19. The maximum Gasteiger partial charge on any atom is 0.519 e. The second kappa shape index (κ2) is 21.4. The fourth-order valence-electron chi connectivity index (χ4n) is 3.59. The molecule has 44 heavy (non-hydrogen) atoms. The van der Waals surface area contributed by atoms with Crippen molar-refractivity contribution in [3.05, 3.63) is 84.5 Å². The smallest absolute Gasteiger partial charge is 0.504 e. The predicted octanol–water partition coefficient (Wildman–Crippen LogP) is 7.09. The highest BCUT2D eigenvalue weighted by molar-refractivity contribution is 5.89. The van der Waals surface area contributed by atoms with E-state index in [9.17, 15) is 33.4 Å². The van der Waals surface area contributed by atoms with Crippen molar-refractivity contribution < 1.29 is 47.6 Å². The zero-order valence-electron chi connectivity index (χ0n) is 25.2. The van der Waals surface area contributed by atoms with Crippen LogP contribution in [0.2, 0.25) is 0 Å². The van der Waals surface area contributed by atoms with Crippen molar-refractivity contribution in [1.82, 2.24) is 0 Å². The quantitative estimate of drug-likeness (QED) is 0.0369. The average molecular weight is 620 g/mol. The van der Waals surface area contributed by atoms with Crippen molar-refractivity contribution in [2.24, 2.45) is 5.73 Å². The maximum absolute atomic E-state index is 13.7. The van der Waals surface area contributed by atoms with Crippen LogP contribution in [0.1, 0.15) is 70.8 Å². The molecule has 0 bridgehead atoms. The number of esters is 2. The van der Waals surface area contributed by atoms with Gasteiger partial charge in [-0.25, -0.2) is 18.4 Å². The SMILES string of the molecule is CC/C=C\C/C=C\C/C=C\C/C=C\C/C=C\CCCC(=O)OC(C)OC(=O)OC(=O)[C@@](N)(Cc1ccc(O)c(O)c1)C(F)F. The molecule has 0 aromatic heterocycles. The lowest BCUT2D eigenvalue weighted by atomic mass is 9.92. The van der Waals surface area contributed by atoms with E-state index in [1.807, 2.05) is 12.2 Å². The number of alkyl halides is 2. The van der Waals surface area contributed by atoms with Crippen LogP contribution in [0.5, 0.6) is 11.5 Å². The molecule has 0 spiro atoms. The van der Waals surface area contributed by atoms with Gasteiger partial charge in [0.1, 0.15) is 0 Å². The molecule has 2 atom stereocenters. The number of aromatic hydroxyl groups is 2. The molecule has 0 saturated heterocycles. The monoisotopic (exact) mass is 619 g/mol. The molecule has 1 aromatic carbocycles. The first kappa shape index (κ1) is 37.8. The Balaban J connectivity index is 2.30. The van der Waals surface area contributed by atoms with Crippen LogP contribution in [-0.2, 0) is 30.2 Å². The second-order valence-corrected chi connectivity index (χ2v) is 9.76. The number of hydrogen-bond donors (Lipinski definition) is 3. The fraction of sp³-hybridized carbons (Fsp3) is 0.424.